The third-order valence-corrected chi connectivity index (χ3v) is 2.91. The molecule has 0 bridgehead atoms. The van der Waals surface area contributed by atoms with Crippen LogP contribution in [-0.2, 0) is 0 Å². The molecule has 0 fully saturated rings. The van der Waals surface area contributed by atoms with E-state index in [2.05, 4.69) is 10.6 Å². The van der Waals surface area contributed by atoms with Crippen molar-refractivity contribution in [1.82, 2.24) is 5.32 Å². The fraction of sp³-hybridized carbons (Fsp3) is 0.0588. The van der Waals surface area contributed by atoms with Gasteiger partial charge < -0.3 is 15.4 Å². The topological polar surface area (TPSA) is 74.2 Å². The van der Waals surface area contributed by atoms with Gasteiger partial charge in [-0.2, -0.15) is 5.26 Å². The summed E-state index contributed by atoms with van der Waals surface area (Å²) in [6.07, 6.45) is 3.25. The Morgan fingerprint density at radius 1 is 1.18 bits per heavy atom. The van der Waals surface area contributed by atoms with Crippen molar-refractivity contribution < 1.29 is 9.53 Å². The van der Waals surface area contributed by atoms with E-state index in [0.29, 0.717) is 11.3 Å². The molecule has 0 atom stereocenters. The molecule has 2 N–H and O–H groups in total. The molecular formula is C17H15N3O2. The van der Waals surface area contributed by atoms with E-state index in [1.54, 1.807) is 37.5 Å². The second kappa shape index (κ2) is 7.50. The average Bonchev–Trinajstić information content (AvgIpc) is 2.55. The van der Waals surface area contributed by atoms with Crippen molar-refractivity contribution in [2.75, 3.05) is 12.4 Å². The fourth-order valence-electron chi connectivity index (χ4n) is 1.86. The second-order valence-electron chi connectivity index (χ2n) is 4.33. The van der Waals surface area contributed by atoms with Crippen LogP contribution in [0.1, 0.15) is 11.1 Å². The molecule has 22 heavy (non-hydrogen) atoms. The molecule has 0 radical (unpaired) electrons. The molecule has 2 rings (SSSR count). The van der Waals surface area contributed by atoms with Gasteiger partial charge in [-0.05, 0) is 24.3 Å². The number of carbonyl (C=O) groups is 1. The maximum atomic E-state index is 11.8. The van der Waals surface area contributed by atoms with Gasteiger partial charge in [0.1, 0.15) is 11.8 Å². The first kappa shape index (κ1) is 15.1. The highest BCUT2D eigenvalue weighted by atomic mass is 16.5. The Morgan fingerprint density at radius 2 is 1.91 bits per heavy atom. The third-order valence-electron chi connectivity index (χ3n) is 2.91. The van der Waals surface area contributed by atoms with Crippen LogP contribution in [0, 0.1) is 11.3 Å². The number of nitrogens with one attached hydrogen (secondary N) is 2. The Bertz CT molecular complexity index is 733. The molecule has 0 unspecified atom stereocenters. The van der Waals surface area contributed by atoms with Gasteiger partial charge in [-0.25, -0.2) is 4.79 Å². The van der Waals surface area contributed by atoms with Crippen LogP contribution in [0.3, 0.4) is 0 Å². The van der Waals surface area contributed by atoms with Crippen molar-refractivity contribution in [3.8, 4) is 11.8 Å². The first-order valence-electron chi connectivity index (χ1n) is 6.61. The molecule has 2 amide bonds. The van der Waals surface area contributed by atoms with E-state index in [-0.39, 0.29) is 0 Å². The SMILES string of the molecule is COc1ccccc1/C=C/NC(=O)Nc1ccccc1C#N. The smallest absolute Gasteiger partial charge is 0.323 e. The van der Waals surface area contributed by atoms with Crippen LogP contribution >= 0.6 is 0 Å². The highest BCUT2D eigenvalue weighted by Gasteiger charge is 2.04. The molecule has 0 aliphatic heterocycles. The largest absolute Gasteiger partial charge is 0.496 e. The zero-order valence-electron chi connectivity index (χ0n) is 12.0. The number of methoxy groups -OCH3 is 1. The highest BCUT2D eigenvalue weighted by Crippen LogP contribution is 2.18. The van der Waals surface area contributed by atoms with E-state index in [1.807, 2.05) is 30.3 Å². The molecular weight excluding hydrogens is 278 g/mol. The molecule has 0 heterocycles. The summed E-state index contributed by atoms with van der Waals surface area (Å²) in [7, 11) is 1.59. The lowest BCUT2D eigenvalue weighted by molar-refractivity contribution is 0.255. The molecule has 5 nitrogen and oxygen atoms in total. The van der Waals surface area contributed by atoms with Gasteiger partial charge in [0.2, 0.25) is 0 Å². The Balaban J connectivity index is 1.98. The maximum Gasteiger partial charge on any atom is 0.323 e. The highest BCUT2D eigenvalue weighted by molar-refractivity contribution is 5.91. The van der Waals surface area contributed by atoms with Crippen molar-refractivity contribution in [2.24, 2.45) is 0 Å². The number of nitriles is 1. The van der Waals surface area contributed by atoms with Gasteiger partial charge in [-0.15, -0.1) is 0 Å². The van der Waals surface area contributed by atoms with Crippen LogP contribution in [0.25, 0.3) is 6.08 Å². The van der Waals surface area contributed by atoms with E-state index in [9.17, 15) is 4.79 Å². The molecule has 0 saturated carbocycles. The van der Waals surface area contributed by atoms with Gasteiger partial charge in [0.25, 0.3) is 0 Å². The van der Waals surface area contributed by atoms with Crippen LogP contribution in [-0.4, -0.2) is 13.1 Å². The van der Waals surface area contributed by atoms with Crippen molar-refractivity contribution in [3.63, 3.8) is 0 Å². The summed E-state index contributed by atoms with van der Waals surface area (Å²) < 4.78 is 5.21. The van der Waals surface area contributed by atoms with Crippen LogP contribution in [0.5, 0.6) is 5.75 Å². The second-order valence-corrected chi connectivity index (χ2v) is 4.33. The minimum absolute atomic E-state index is 0.409. The van der Waals surface area contributed by atoms with E-state index < -0.39 is 6.03 Å². The monoisotopic (exact) mass is 293 g/mol. The predicted molar refractivity (Wildman–Crippen MR) is 85.3 cm³/mol. The number of nitrogens with zero attached hydrogens (tertiary/aromatic N) is 1. The molecule has 0 saturated heterocycles. The number of amides is 2. The van der Waals surface area contributed by atoms with Crippen LogP contribution in [0.2, 0.25) is 0 Å². The molecule has 0 aromatic heterocycles. The average molecular weight is 293 g/mol. The summed E-state index contributed by atoms with van der Waals surface area (Å²) in [5.41, 5.74) is 1.72. The number of hydrogen-bond donors (Lipinski definition) is 2. The van der Waals surface area contributed by atoms with Gasteiger partial charge in [-0.3, -0.25) is 0 Å². The lowest BCUT2D eigenvalue weighted by atomic mass is 10.2. The molecule has 0 spiro atoms. The number of anilines is 1. The van der Waals surface area contributed by atoms with Crippen molar-refractivity contribution in [3.05, 3.63) is 65.9 Å². The number of carbonyl (C=O) groups excluding carboxylic acids is 1. The Morgan fingerprint density at radius 3 is 2.68 bits per heavy atom. The normalized spacial score (nSPS) is 10.0. The third kappa shape index (κ3) is 3.87. The van der Waals surface area contributed by atoms with Gasteiger partial charge in [0, 0.05) is 11.8 Å². The number of hydrogen-bond acceptors (Lipinski definition) is 3. The molecule has 2 aromatic rings. The van der Waals surface area contributed by atoms with Crippen LogP contribution in [0.4, 0.5) is 10.5 Å². The minimum atomic E-state index is -0.422. The molecule has 2 aromatic carbocycles. The zero-order chi connectivity index (χ0) is 15.8. The Kier molecular flexibility index (Phi) is 5.16. The van der Waals surface area contributed by atoms with Crippen molar-refractivity contribution in [1.29, 1.82) is 5.26 Å². The predicted octanol–water partition coefficient (Wildman–Crippen LogP) is 3.36. The van der Waals surface area contributed by atoms with E-state index in [1.165, 1.54) is 6.20 Å². The number of benzene rings is 2. The summed E-state index contributed by atoms with van der Waals surface area (Å²) in [6.45, 7) is 0. The molecule has 0 aliphatic carbocycles. The number of para-hydroxylation sites is 2. The lowest BCUT2D eigenvalue weighted by Gasteiger charge is -2.06. The summed E-state index contributed by atoms with van der Waals surface area (Å²) in [6, 6.07) is 15.9. The van der Waals surface area contributed by atoms with Crippen LogP contribution < -0.4 is 15.4 Å². The summed E-state index contributed by atoms with van der Waals surface area (Å²) in [5, 5.41) is 14.2. The summed E-state index contributed by atoms with van der Waals surface area (Å²) in [5.74, 6) is 0.718. The standard InChI is InChI=1S/C17H15N3O2/c1-22-16-9-5-3-6-13(16)10-11-19-17(21)20-15-8-4-2-7-14(15)12-18/h2-11H,1H3,(H2,19,20,21)/b11-10+. The van der Waals surface area contributed by atoms with Gasteiger partial charge in [0.05, 0.1) is 18.4 Å². The van der Waals surface area contributed by atoms with Gasteiger partial charge in [0.15, 0.2) is 0 Å². The number of rotatable bonds is 4. The van der Waals surface area contributed by atoms with E-state index in [0.717, 1.165) is 11.3 Å². The Hall–Kier alpha value is -3.26. The quantitative estimate of drug-likeness (QED) is 0.907. The minimum Gasteiger partial charge on any atom is -0.496 e. The Labute approximate surface area is 128 Å². The van der Waals surface area contributed by atoms with Crippen LogP contribution in [0.15, 0.2) is 54.7 Å². The fourth-order valence-corrected chi connectivity index (χ4v) is 1.86. The number of ether oxygens (including phenoxy) is 1. The zero-order valence-corrected chi connectivity index (χ0v) is 12.0. The first-order valence-corrected chi connectivity index (χ1v) is 6.61. The van der Waals surface area contributed by atoms with Crippen molar-refractivity contribution in [2.45, 2.75) is 0 Å². The summed E-state index contributed by atoms with van der Waals surface area (Å²) >= 11 is 0. The lowest BCUT2D eigenvalue weighted by Crippen LogP contribution is -2.24. The molecule has 5 heteroatoms. The van der Waals surface area contributed by atoms with Gasteiger partial charge in [-0.1, -0.05) is 30.3 Å². The molecule has 110 valence electrons. The first-order chi connectivity index (χ1) is 10.7. The van der Waals surface area contributed by atoms with E-state index in [4.69, 9.17) is 10.00 Å². The van der Waals surface area contributed by atoms with Gasteiger partial charge >= 0.3 is 6.03 Å². The maximum absolute atomic E-state index is 11.8. The van der Waals surface area contributed by atoms with Crippen molar-refractivity contribution >= 4 is 17.8 Å². The number of urea groups is 1. The molecule has 0 aliphatic rings. The van der Waals surface area contributed by atoms with E-state index >= 15 is 0 Å². The summed E-state index contributed by atoms with van der Waals surface area (Å²) in [4.78, 5) is 11.8.